The Morgan fingerprint density at radius 2 is 2.35 bits per heavy atom. The zero-order chi connectivity index (χ0) is 14.4. The van der Waals surface area contributed by atoms with E-state index in [9.17, 15) is 4.79 Å². The van der Waals surface area contributed by atoms with Crippen molar-refractivity contribution in [2.75, 3.05) is 37.7 Å². The van der Waals surface area contributed by atoms with Crippen molar-refractivity contribution in [1.82, 2.24) is 10.2 Å². The summed E-state index contributed by atoms with van der Waals surface area (Å²) in [6.07, 6.45) is 3.00. The number of likely N-dealkylation sites (tertiary alicyclic amines) is 1. The third kappa shape index (κ3) is 5.26. The summed E-state index contributed by atoms with van der Waals surface area (Å²) in [4.78, 5) is 14.2. The summed E-state index contributed by atoms with van der Waals surface area (Å²) in [7, 11) is 0. The van der Waals surface area contributed by atoms with Crippen molar-refractivity contribution in [2.24, 2.45) is 5.92 Å². The van der Waals surface area contributed by atoms with Gasteiger partial charge >= 0.3 is 0 Å². The van der Waals surface area contributed by atoms with E-state index in [1.807, 2.05) is 16.7 Å². The minimum absolute atomic E-state index is 0.256. The Morgan fingerprint density at radius 3 is 3.05 bits per heavy atom. The fourth-order valence-electron chi connectivity index (χ4n) is 2.65. The maximum Gasteiger partial charge on any atom is 0.224 e. The number of hydrogen-bond donors (Lipinski definition) is 1. The fraction of sp³-hybridized carbons (Fsp3) is 0.933. The SMILES string of the molecule is CC(C)CCOC1CCN(C(=O)CC2CSCCN2)C1. The lowest BCUT2D eigenvalue weighted by molar-refractivity contribution is -0.131. The lowest BCUT2D eigenvalue weighted by atomic mass is 10.1. The maximum absolute atomic E-state index is 12.3. The highest BCUT2D eigenvalue weighted by Crippen LogP contribution is 2.17. The van der Waals surface area contributed by atoms with Crippen LogP contribution in [0.2, 0.25) is 0 Å². The molecule has 2 aliphatic rings. The van der Waals surface area contributed by atoms with Gasteiger partial charge in [0, 0.05) is 50.2 Å². The number of hydrogen-bond acceptors (Lipinski definition) is 4. The van der Waals surface area contributed by atoms with Crippen LogP contribution in [0.3, 0.4) is 0 Å². The number of carbonyl (C=O) groups excluding carboxylic acids is 1. The molecule has 1 amide bonds. The quantitative estimate of drug-likeness (QED) is 0.811. The van der Waals surface area contributed by atoms with Gasteiger partial charge in [-0.05, 0) is 18.8 Å². The monoisotopic (exact) mass is 300 g/mol. The predicted octanol–water partition coefficient (Wildman–Crippen LogP) is 1.75. The Labute approximate surface area is 127 Å². The Morgan fingerprint density at radius 1 is 1.50 bits per heavy atom. The molecule has 0 aromatic rings. The van der Waals surface area contributed by atoms with Crippen molar-refractivity contribution < 1.29 is 9.53 Å². The van der Waals surface area contributed by atoms with Crippen molar-refractivity contribution >= 4 is 17.7 Å². The molecular formula is C15H28N2O2S. The molecule has 0 bridgehead atoms. The van der Waals surface area contributed by atoms with Crippen LogP contribution in [0.4, 0.5) is 0 Å². The summed E-state index contributed by atoms with van der Waals surface area (Å²) in [5, 5.41) is 3.43. The van der Waals surface area contributed by atoms with Crippen molar-refractivity contribution in [3.8, 4) is 0 Å². The first-order chi connectivity index (χ1) is 9.65. The Hall–Kier alpha value is -0.260. The van der Waals surface area contributed by atoms with Crippen molar-refractivity contribution in [3.63, 3.8) is 0 Å². The number of thioether (sulfide) groups is 1. The van der Waals surface area contributed by atoms with E-state index in [0.717, 1.165) is 44.8 Å². The second kappa shape index (κ2) is 8.25. The lowest BCUT2D eigenvalue weighted by Gasteiger charge is -2.25. The van der Waals surface area contributed by atoms with Crippen LogP contribution < -0.4 is 5.32 Å². The third-order valence-corrected chi connectivity index (χ3v) is 5.10. The van der Waals surface area contributed by atoms with Crippen LogP contribution in [0.1, 0.15) is 33.1 Å². The first-order valence-corrected chi connectivity index (χ1v) is 9.01. The minimum Gasteiger partial charge on any atom is -0.376 e. The van der Waals surface area contributed by atoms with E-state index in [2.05, 4.69) is 19.2 Å². The van der Waals surface area contributed by atoms with Gasteiger partial charge in [0.05, 0.1) is 6.10 Å². The van der Waals surface area contributed by atoms with Gasteiger partial charge in [-0.15, -0.1) is 0 Å². The summed E-state index contributed by atoms with van der Waals surface area (Å²) < 4.78 is 5.87. The van der Waals surface area contributed by atoms with E-state index in [0.29, 0.717) is 24.3 Å². The van der Waals surface area contributed by atoms with E-state index in [-0.39, 0.29) is 6.10 Å². The van der Waals surface area contributed by atoms with Gasteiger partial charge in [-0.1, -0.05) is 13.8 Å². The zero-order valence-corrected chi connectivity index (χ0v) is 13.6. The van der Waals surface area contributed by atoms with E-state index in [1.54, 1.807) is 0 Å². The van der Waals surface area contributed by atoms with Crippen LogP contribution in [0.5, 0.6) is 0 Å². The van der Waals surface area contributed by atoms with Crippen molar-refractivity contribution in [1.29, 1.82) is 0 Å². The molecule has 4 nitrogen and oxygen atoms in total. The van der Waals surface area contributed by atoms with Gasteiger partial charge in [0.15, 0.2) is 0 Å². The fourth-order valence-corrected chi connectivity index (χ4v) is 3.60. The molecule has 0 aliphatic carbocycles. The maximum atomic E-state index is 12.3. The van der Waals surface area contributed by atoms with Gasteiger partial charge in [0.1, 0.15) is 0 Å². The summed E-state index contributed by atoms with van der Waals surface area (Å²) in [6, 6.07) is 0.363. The standard InChI is InChI=1S/C15H28N2O2S/c1-12(2)4-7-19-14-3-6-17(10-14)15(18)9-13-11-20-8-5-16-13/h12-14,16H,3-11H2,1-2H3. The van der Waals surface area contributed by atoms with Gasteiger partial charge in [0.25, 0.3) is 0 Å². The molecule has 2 aliphatic heterocycles. The largest absolute Gasteiger partial charge is 0.376 e. The molecule has 2 fully saturated rings. The Balaban J connectivity index is 1.65. The number of rotatable bonds is 6. The van der Waals surface area contributed by atoms with Gasteiger partial charge in [0.2, 0.25) is 5.91 Å². The third-order valence-electron chi connectivity index (χ3n) is 3.97. The number of nitrogens with zero attached hydrogens (tertiary/aromatic N) is 1. The van der Waals surface area contributed by atoms with Crippen LogP contribution in [-0.2, 0) is 9.53 Å². The Bertz CT molecular complexity index is 306. The minimum atomic E-state index is 0.256. The highest BCUT2D eigenvalue weighted by Gasteiger charge is 2.28. The summed E-state index contributed by atoms with van der Waals surface area (Å²) in [5.41, 5.74) is 0. The second-order valence-electron chi connectivity index (χ2n) is 6.23. The molecule has 0 spiro atoms. The molecule has 0 saturated carbocycles. The molecule has 2 unspecified atom stereocenters. The van der Waals surface area contributed by atoms with Crippen molar-refractivity contribution in [2.45, 2.75) is 45.3 Å². The molecule has 2 saturated heterocycles. The molecule has 20 heavy (non-hydrogen) atoms. The van der Waals surface area contributed by atoms with Crippen molar-refractivity contribution in [3.05, 3.63) is 0 Å². The van der Waals surface area contributed by atoms with Crippen LogP contribution in [0.25, 0.3) is 0 Å². The predicted molar refractivity (Wildman–Crippen MR) is 84.1 cm³/mol. The lowest BCUT2D eigenvalue weighted by Crippen LogP contribution is -2.42. The average molecular weight is 300 g/mol. The molecule has 1 N–H and O–H groups in total. The summed E-state index contributed by atoms with van der Waals surface area (Å²) in [5.74, 6) is 3.21. The van der Waals surface area contributed by atoms with Gasteiger partial charge in [-0.25, -0.2) is 0 Å². The molecule has 0 aromatic heterocycles. The van der Waals surface area contributed by atoms with Gasteiger partial charge < -0.3 is 15.0 Å². The molecule has 0 aromatic carbocycles. The zero-order valence-electron chi connectivity index (χ0n) is 12.8. The number of nitrogens with one attached hydrogen (secondary N) is 1. The highest BCUT2D eigenvalue weighted by molar-refractivity contribution is 7.99. The Kier molecular flexibility index (Phi) is 6.65. The van der Waals surface area contributed by atoms with E-state index >= 15 is 0 Å². The van der Waals surface area contributed by atoms with Crippen LogP contribution in [0, 0.1) is 5.92 Å². The van der Waals surface area contributed by atoms with E-state index in [1.165, 1.54) is 5.75 Å². The molecule has 2 atom stereocenters. The second-order valence-corrected chi connectivity index (χ2v) is 7.38. The van der Waals surface area contributed by atoms with E-state index in [4.69, 9.17) is 4.74 Å². The van der Waals surface area contributed by atoms with Gasteiger partial charge in [-0.2, -0.15) is 11.8 Å². The summed E-state index contributed by atoms with van der Waals surface area (Å²) in [6.45, 7) is 7.93. The van der Waals surface area contributed by atoms with Crippen LogP contribution in [0.15, 0.2) is 0 Å². The number of carbonyl (C=O) groups is 1. The molecular weight excluding hydrogens is 272 g/mol. The highest BCUT2D eigenvalue weighted by atomic mass is 32.2. The molecule has 0 radical (unpaired) electrons. The summed E-state index contributed by atoms with van der Waals surface area (Å²) >= 11 is 1.94. The van der Waals surface area contributed by atoms with Gasteiger partial charge in [-0.3, -0.25) is 4.79 Å². The molecule has 2 rings (SSSR count). The van der Waals surface area contributed by atoms with Crippen LogP contribution in [-0.4, -0.2) is 60.7 Å². The first-order valence-electron chi connectivity index (χ1n) is 7.85. The molecule has 2 heterocycles. The first kappa shape index (κ1) is 16.1. The van der Waals surface area contributed by atoms with E-state index < -0.39 is 0 Å². The smallest absolute Gasteiger partial charge is 0.224 e. The number of amides is 1. The average Bonchev–Trinajstić information content (AvgIpc) is 2.88. The number of ether oxygens (including phenoxy) is 1. The topological polar surface area (TPSA) is 41.6 Å². The molecule has 116 valence electrons. The van der Waals surface area contributed by atoms with Crippen LogP contribution >= 0.6 is 11.8 Å². The molecule has 5 heteroatoms. The normalized spacial score (nSPS) is 27.2.